The van der Waals surface area contributed by atoms with E-state index in [2.05, 4.69) is 4.98 Å². The summed E-state index contributed by atoms with van der Waals surface area (Å²) >= 11 is 0. The molecule has 0 unspecified atom stereocenters. The first-order chi connectivity index (χ1) is 10.6. The van der Waals surface area contributed by atoms with Crippen LogP contribution in [0.5, 0.6) is 0 Å². The summed E-state index contributed by atoms with van der Waals surface area (Å²) in [6, 6.07) is 9.49. The molecular weight excluding hydrogens is 283 g/mol. The SMILES string of the molecule is O=C(c1ccc[nH]c1=O)N1CC=C(c2ccc(F)cc2)CC1. The second-order valence-corrected chi connectivity index (χ2v) is 5.15. The van der Waals surface area contributed by atoms with E-state index in [1.807, 2.05) is 6.08 Å². The zero-order chi connectivity index (χ0) is 15.5. The minimum absolute atomic E-state index is 0.154. The van der Waals surface area contributed by atoms with Gasteiger partial charge < -0.3 is 9.88 Å². The van der Waals surface area contributed by atoms with Crippen LogP contribution in [0.1, 0.15) is 22.3 Å². The Morgan fingerprint density at radius 1 is 1.18 bits per heavy atom. The molecule has 1 N–H and O–H groups in total. The van der Waals surface area contributed by atoms with Gasteiger partial charge in [-0.2, -0.15) is 0 Å². The maximum Gasteiger partial charge on any atom is 0.260 e. The van der Waals surface area contributed by atoms with Crippen LogP contribution in [0.15, 0.2) is 53.5 Å². The number of H-pyrrole nitrogens is 1. The second-order valence-electron chi connectivity index (χ2n) is 5.15. The van der Waals surface area contributed by atoms with Gasteiger partial charge in [-0.1, -0.05) is 18.2 Å². The van der Waals surface area contributed by atoms with Gasteiger partial charge in [0.15, 0.2) is 0 Å². The van der Waals surface area contributed by atoms with E-state index >= 15 is 0 Å². The van der Waals surface area contributed by atoms with Crippen LogP contribution in [-0.4, -0.2) is 28.9 Å². The van der Waals surface area contributed by atoms with Crippen LogP contribution in [0.2, 0.25) is 0 Å². The first kappa shape index (κ1) is 14.3. The number of amides is 1. The van der Waals surface area contributed by atoms with Crippen LogP contribution in [0.4, 0.5) is 4.39 Å². The Labute approximate surface area is 126 Å². The average molecular weight is 298 g/mol. The van der Waals surface area contributed by atoms with Gasteiger partial charge in [-0.25, -0.2) is 4.39 Å². The number of halogens is 1. The Morgan fingerprint density at radius 2 is 1.95 bits per heavy atom. The first-order valence-corrected chi connectivity index (χ1v) is 7.07. The van der Waals surface area contributed by atoms with Gasteiger partial charge in [-0.15, -0.1) is 0 Å². The number of rotatable bonds is 2. The molecule has 112 valence electrons. The molecule has 1 aromatic heterocycles. The summed E-state index contributed by atoms with van der Waals surface area (Å²) in [6.45, 7) is 0.982. The molecule has 0 fully saturated rings. The maximum atomic E-state index is 12.9. The monoisotopic (exact) mass is 298 g/mol. The number of aromatic amines is 1. The molecule has 0 atom stereocenters. The van der Waals surface area contributed by atoms with Crippen molar-refractivity contribution in [3.05, 3.63) is 76.0 Å². The van der Waals surface area contributed by atoms with Crippen LogP contribution in [-0.2, 0) is 0 Å². The summed E-state index contributed by atoms with van der Waals surface area (Å²) in [5.41, 5.74) is 1.83. The normalized spacial score (nSPS) is 14.6. The fourth-order valence-electron chi connectivity index (χ4n) is 2.54. The number of nitrogens with zero attached hydrogens (tertiary/aromatic N) is 1. The Kier molecular flexibility index (Phi) is 3.87. The quantitative estimate of drug-likeness (QED) is 0.926. The van der Waals surface area contributed by atoms with Crippen LogP contribution in [0.3, 0.4) is 0 Å². The Morgan fingerprint density at radius 3 is 2.59 bits per heavy atom. The van der Waals surface area contributed by atoms with Crippen LogP contribution in [0, 0.1) is 5.82 Å². The minimum atomic E-state index is -0.374. The zero-order valence-electron chi connectivity index (χ0n) is 11.9. The molecule has 22 heavy (non-hydrogen) atoms. The van der Waals surface area contributed by atoms with E-state index in [0.717, 1.165) is 11.1 Å². The summed E-state index contributed by atoms with van der Waals surface area (Å²) in [4.78, 5) is 28.1. The van der Waals surface area contributed by atoms with E-state index in [0.29, 0.717) is 19.5 Å². The van der Waals surface area contributed by atoms with Crippen molar-refractivity contribution in [3.63, 3.8) is 0 Å². The number of hydrogen-bond acceptors (Lipinski definition) is 2. The maximum absolute atomic E-state index is 12.9. The predicted molar refractivity (Wildman–Crippen MR) is 82.0 cm³/mol. The Hall–Kier alpha value is -2.69. The molecular formula is C17H15FN2O2. The van der Waals surface area contributed by atoms with Gasteiger partial charge in [0, 0.05) is 19.3 Å². The summed E-state index contributed by atoms with van der Waals surface area (Å²) in [5, 5.41) is 0. The minimum Gasteiger partial charge on any atom is -0.334 e. The third-order valence-electron chi connectivity index (χ3n) is 3.76. The molecule has 1 aromatic carbocycles. The highest BCUT2D eigenvalue weighted by Gasteiger charge is 2.21. The Bertz CT molecular complexity index is 778. The van der Waals surface area contributed by atoms with Gasteiger partial charge in [0.2, 0.25) is 0 Å². The molecule has 0 radical (unpaired) electrons. The first-order valence-electron chi connectivity index (χ1n) is 7.07. The number of benzene rings is 1. The lowest BCUT2D eigenvalue weighted by molar-refractivity contribution is 0.0771. The standard InChI is InChI=1S/C17H15FN2O2/c18-14-5-3-12(4-6-14)13-7-10-20(11-8-13)17(22)15-2-1-9-19-16(15)21/h1-7,9H,8,10-11H2,(H,19,21). The predicted octanol–water partition coefficient (Wildman–Crippen LogP) is 2.44. The van der Waals surface area contributed by atoms with E-state index in [-0.39, 0.29) is 22.8 Å². The number of hydrogen-bond donors (Lipinski definition) is 1. The van der Waals surface area contributed by atoms with Crippen molar-refractivity contribution in [1.82, 2.24) is 9.88 Å². The summed E-state index contributed by atoms with van der Waals surface area (Å²) < 4.78 is 12.9. The van der Waals surface area contributed by atoms with Crippen molar-refractivity contribution in [2.75, 3.05) is 13.1 Å². The molecule has 1 aliphatic heterocycles. The number of aromatic nitrogens is 1. The second kappa shape index (κ2) is 5.97. The topological polar surface area (TPSA) is 53.2 Å². The molecule has 2 heterocycles. The molecule has 1 aliphatic rings. The van der Waals surface area contributed by atoms with Gasteiger partial charge in [-0.3, -0.25) is 9.59 Å². The van der Waals surface area contributed by atoms with Crippen molar-refractivity contribution in [1.29, 1.82) is 0 Å². The fraction of sp³-hybridized carbons (Fsp3) is 0.176. The van der Waals surface area contributed by atoms with E-state index in [9.17, 15) is 14.0 Å². The van der Waals surface area contributed by atoms with Crippen molar-refractivity contribution in [3.8, 4) is 0 Å². The summed E-state index contributed by atoms with van der Waals surface area (Å²) in [6.07, 6.45) is 4.13. The van der Waals surface area contributed by atoms with Crippen molar-refractivity contribution < 1.29 is 9.18 Å². The lowest BCUT2D eigenvalue weighted by Gasteiger charge is -2.26. The highest BCUT2D eigenvalue weighted by molar-refractivity contribution is 5.94. The van der Waals surface area contributed by atoms with Crippen molar-refractivity contribution >= 4 is 11.5 Å². The lowest BCUT2D eigenvalue weighted by atomic mass is 9.99. The smallest absolute Gasteiger partial charge is 0.260 e. The van der Waals surface area contributed by atoms with Crippen LogP contribution >= 0.6 is 0 Å². The Balaban J connectivity index is 1.76. The molecule has 4 nitrogen and oxygen atoms in total. The zero-order valence-corrected chi connectivity index (χ0v) is 11.9. The molecule has 1 amide bonds. The molecule has 5 heteroatoms. The number of nitrogens with one attached hydrogen (secondary N) is 1. The van der Waals surface area contributed by atoms with Crippen molar-refractivity contribution in [2.24, 2.45) is 0 Å². The third-order valence-corrected chi connectivity index (χ3v) is 3.76. The van der Waals surface area contributed by atoms with Crippen LogP contribution in [0.25, 0.3) is 5.57 Å². The lowest BCUT2D eigenvalue weighted by Crippen LogP contribution is -2.37. The average Bonchev–Trinajstić information content (AvgIpc) is 2.56. The van der Waals surface area contributed by atoms with Gasteiger partial charge in [0.25, 0.3) is 11.5 Å². The van der Waals surface area contributed by atoms with Crippen LogP contribution < -0.4 is 5.56 Å². The number of carbonyl (C=O) groups is 1. The third kappa shape index (κ3) is 2.83. The van der Waals surface area contributed by atoms with Gasteiger partial charge in [0.1, 0.15) is 11.4 Å². The number of carbonyl (C=O) groups excluding carboxylic acids is 1. The molecule has 0 bridgehead atoms. The fourth-order valence-corrected chi connectivity index (χ4v) is 2.54. The highest BCUT2D eigenvalue weighted by Crippen LogP contribution is 2.23. The van der Waals surface area contributed by atoms with Gasteiger partial charge in [0.05, 0.1) is 0 Å². The molecule has 0 saturated carbocycles. The van der Waals surface area contributed by atoms with Gasteiger partial charge >= 0.3 is 0 Å². The van der Waals surface area contributed by atoms with E-state index in [4.69, 9.17) is 0 Å². The van der Waals surface area contributed by atoms with E-state index < -0.39 is 0 Å². The van der Waals surface area contributed by atoms with E-state index in [1.165, 1.54) is 24.4 Å². The summed E-state index contributed by atoms with van der Waals surface area (Å²) in [5.74, 6) is -0.531. The van der Waals surface area contributed by atoms with Gasteiger partial charge in [-0.05, 0) is 41.8 Å². The molecule has 3 rings (SSSR count). The highest BCUT2D eigenvalue weighted by atomic mass is 19.1. The van der Waals surface area contributed by atoms with Crippen molar-refractivity contribution in [2.45, 2.75) is 6.42 Å². The molecule has 0 aliphatic carbocycles. The molecule has 2 aromatic rings. The van der Waals surface area contributed by atoms with E-state index in [1.54, 1.807) is 23.1 Å². The largest absolute Gasteiger partial charge is 0.334 e. The summed E-state index contributed by atoms with van der Waals surface area (Å²) in [7, 11) is 0. The number of pyridine rings is 1. The molecule has 0 spiro atoms. The molecule has 0 saturated heterocycles.